The lowest BCUT2D eigenvalue weighted by atomic mass is 10.2. The van der Waals surface area contributed by atoms with Gasteiger partial charge in [0.1, 0.15) is 0 Å². The molecule has 0 atom stereocenters. The van der Waals surface area contributed by atoms with E-state index in [0.29, 0.717) is 18.0 Å². The van der Waals surface area contributed by atoms with Crippen LogP contribution in [0.3, 0.4) is 0 Å². The van der Waals surface area contributed by atoms with Gasteiger partial charge in [-0.2, -0.15) is 4.31 Å². The van der Waals surface area contributed by atoms with Gasteiger partial charge in [-0.05, 0) is 38.1 Å². The van der Waals surface area contributed by atoms with Crippen molar-refractivity contribution in [1.29, 1.82) is 0 Å². The van der Waals surface area contributed by atoms with Crippen molar-refractivity contribution in [2.45, 2.75) is 44.4 Å². The standard InChI is InChI=1S/C16H28N2O2S/c1-3-17-14-10-5-6-11-15-18(4-2)21(19,20)16-12-8-7-9-13-16/h7-9,12-13,17H,3-6,10-11,14-15H2,1-2H3. The lowest BCUT2D eigenvalue weighted by Crippen LogP contribution is -2.31. The molecule has 1 N–H and O–H groups in total. The van der Waals surface area contributed by atoms with Crippen LogP contribution in [0.25, 0.3) is 0 Å². The Labute approximate surface area is 129 Å². The van der Waals surface area contributed by atoms with Crippen LogP contribution in [-0.2, 0) is 10.0 Å². The molecule has 0 saturated carbocycles. The fraction of sp³-hybridized carbons (Fsp3) is 0.625. The van der Waals surface area contributed by atoms with Crippen molar-refractivity contribution >= 4 is 10.0 Å². The summed E-state index contributed by atoms with van der Waals surface area (Å²) in [5.41, 5.74) is 0. The highest BCUT2D eigenvalue weighted by atomic mass is 32.2. The fourth-order valence-electron chi connectivity index (χ4n) is 2.26. The second-order valence-corrected chi connectivity index (χ2v) is 7.02. The van der Waals surface area contributed by atoms with E-state index in [1.807, 2.05) is 13.0 Å². The largest absolute Gasteiger partial charge is 0.317 e. The first-order chi connectivity index (χ1) is 10.1. The summed E-state index contributed by atoms with van der Waals surface area (Å²) in [6.07, 6.45) is 4.31. The molecule has 21 heavy (non-hydrogen) atoms. The third kappa shape index (κ3) is 6.16. The van der Waals surface area contributed by atoms with Crippen LogP contribution in [0.5, 0.6) is 0 Å². The van der Waals surface area contributed by atoms with Crippen molar-refractivity contribution in [3.05, 3.63) is 30.3 Å². The molecule has 0 aliphatic rings. The number of hydrogen-bond acceptors (Lipinski definition) is 3. The Balaban J connectivity index is 2.41. The topological polar surface area (TPSA) is 49.4 Å². The molecule has 0 aromatic heterocycles. The Hall–Kier alpha value is -0.910. The number of benzene rings is 1. The highest BCUT2D eigenvalue weighted by molar-refractivity contribution is 7.89. The maximum Gasteiger partial charge on any atom is 0.243 e. The lowest BCUT2D eigenvalue weighted by Gasteiger charge is -2.20. The first-order valence-corrected chi connectivity index (χ1v) is 9.32. The Morgan fingerprint density at radius 2 is 1.67 bits per heavy atom. The van der Waals surface area contributed by atoms with E-state index < -0.39 is 10.0 Å². The summed E-state index contributed by atoms with van der Waals surface area (Å²) in [6, 6.07) is 8.69. The number of nitrogens with zero attached hydrogens (tertiary/aromatic N) is 1. The van der Waals surface area contributed by atoms with Gasteiger partial charge in [0.25, 0.3) is 0 Å². The zero-order chi connectivity index (χ0) is 15.6. The van der Waals surface area contributed by atoms with E-state index in [1.165, 1.54) is 0 Å². The van der Waals surface area contributed by atoms with Crippen LogP contribution >= 0.6 is 0 Å². The average Bonchev–Trinajstić information content (AvgIpc) is 2.50. The van der Waals surface area contributed by atoms with E-state index in [9.17, 15) is 8.42 Å². The first kappa shape index (κ1) is 18.1. The van der Waals surface area contributed by atoms with Gasteiger partial charge < -0.3 is 5.32 Å². The summed E-state index contributed by atoms with van der Waals surface area (Å²) in [5, 5.41) is 3.30. The van der Waals surface area contributed by atoms with Gasteiger partial charge in [0.15, 0.2) is 0 Å². The van der Waals surface area contributed by atoms with E-state index in [0.717, 1.165) is 38.8 Å². The molecule has 0 spiro atoms. The van der Waals surface area contributed by atoms with Crippen LogP contribution in [0.1, 0.15) is 39.5 Å². The molecule has 0 heterocycles. The van der Waals surface area contributed by atoms with Crippen molar-refractivity contribution in [2.24, 2.45) is 0 Å². The second-order valence-electron chi connectivity index (χ2n) is 5.08. The van der Waals surface area contributed by atoms with E-state index in [1.54, 1.807) is 28.6 Å². The van der Waals surface area contributed by atoms with Gasteiger partial charge in [-0.3, -0.25) is 0 Å². The Morgan fingerprint density at radius 3 is 2.29 bits per heavy atom. The Bertz CT molecular complexity index is 474. The summed E-state index contributed by atoms with van der Waals surface area (Å²) >= 11 is 0. The number of hydrogen-bond donors (Lipinski definition) is 1. The molecule has 5 heteroatoms. The number of unbranched alkanes of at least 4 members (excludes halogenated alkanes) is 3. The summed E-state index contributed by atoms with van der Waals surface area (Å²) < 4.78 is 26.5. The highest BCUT2D eigenvalue weighted by Crippen LogP contribution is 2.15. The van der Waals surface area contributed by atoms with Gasteiger partial charge >= 0.3 is 0 Å². The Kier molecular flexibility index (Phi) is 8.57. The quantitative estimate of drug-likeness (QED) is 0.639. The van der Waals surface area contributed by atoms with Crippen molar-refractivity contribution in [2.75, 3.05) is 26.2 Å². The van der Waals surface area contributed by atoms with Gasteiger partial charge in [-0.1, -0.05) is 44.9 Å². The summed E-state index contributed by atoms with van der Waals surface area (Å²) in [6.45, 7) is 7.19. The van der Waals surface area contributed by atoms with E-state index in [-0.39, 0.29) is 0 Å². The monoisotopic (exact) mass is 312 g/mol. The highest BCUT2D eigenvalue weighted by Gasteiger charge is 2.21. The molecule has 0 radical (unpaired) electrons. The van der Waals surface area contributed by atoms with Crippen LogP contribution in [0.15, 0.2) is 35.2 Å². The van der Waals surface area contributed by atoms with Crippen LogP contribution in [0.4, 0.5) is 0 Å². The van der Waals surface area contributed by atoms with Gasteiger partial charge in [0.05, 0.1) is 4.90 Å². The van der Waals surface area contributed by atoms with Gasteiger partial charge in [-0.15, -0.1) is 0 Å². The Morgan fingerprint density at radius 1 is 1.00 bits per heavy atom. The molecular formula is C16H28N2O2S. The molecule has 0 fully saturated rings. The van der Waals surface area contributed by atoms with Crippen LogP contribution < -0.4 is 5.32 Å². The molecule has 0 amide bonds. The van der Waals surface area contributed by atoms with Crippen molar-refractivity contribution in [1.82, 2.24) is 9.62 Å². The van der Waals surface area contributed by atoms with E-state index in [4.69, 9.17) is 0 Å². The molecule has 0 aliphatic carbocycles. The molecule has 0 unspecified atom stereocenters. The van der Waals surface area contributed by atoms with Crippen molar-refractivity contribution in [3.8, 4) is 0 Å². The van der Waals surface area contributed by atoms with E-state index in [2.05, 4.69) is 12.2 Å². The van der Waals surface area contributed by atoms with E-state index >= 15 is 0 Å². The molecule has 0 saturated heterocycles. The predicted molar refractivity (Wildman–Crippen MR) is 87.9 cm³/mol. The fourth-order valence-corrected chi connectivity index (χ4v) is 3.77. The first-order valence-electron chi connectivity index (χ1n) is 7.88. The molecule has 1 aromatic rings. The lowest BCUT2D eigenvalue weighted by molar-refractivity contribution is 0.411. The molecule has 120 valence electrons. The minimum absolute atomic E-state index is 0.388. The van der Waals surface area contributed by atoms with Gasteiger partial charge in [-0.25, -0.2) is 8.42 Å². The average molecular weight is 312 g/mol. The number of nitrogens with one attached hydrogen (secondary N) is 1. The van der Waals surface area contributed by atoms with Gasteiger partial charge in [0, 0.05) is 13.1 Å². The summed E-state index contributed by atoms with van der Waals surface area (Å²) in [5.74, 6) is 0. The maximum absolute atomic E-state index is 12.5. The molecule has 0 bridgehead atoms. The second kappa shape index (κ2) is 9.92. The maximum atomic E-state index is 12.5. The third-order valence-corrected chi connectivity index (χ3v) is 5.48. The minimum Gasteiger partial charge on any atom is -0.317 e. The van der Waals surface area contributed by atoms with Crippen molar-refractivity contribution in [3.63, 3.8) is 0 Å². The van der Waals surface area contributed by atoms with Crippen LogP contribution in [-0.4, -0.2) is 38.9 Å². The van der Waals surface area contributed by atoms with Gasteiger partial charge in [0.2, 0.25) is 10.0 Å². The molecule has 4 nitrogen and oxygen atoms in total. The number of rotatable bonds is 11. The zero-order valence-corrected chi connectivity index (χ0v) is 14.0. The summed E-state index contributed by atoms with van der Waals surface area (Å²) in [4.78, 5) is 0.388. The summed E-state index contributed by atoms with van der Waals surface area (Å²) in [7, 11) is -3.33. The molecule has 1 aromatic carbocycles. The normalized spacial score (nSPS) is 12.0. The molecular weight excluding hydrogens is 284 g/mol. The van der Waals surface area contributed by atoms with Crippen LogP contribution in [0, 0.1) is 0 Å². The number of sulfonamides is 1. The molecule has 0 aliphatic heterocycles. The van der Waals surface area contributed by atoms with Crippen molar-refractivity contribution < 1.29 is 8.42 Å². The minimum atomic E-state index is -3.33. The predicted octanol–water partition coefficient (Wildman–Crippen LogP) is 2.87. The third-order valence-electron chi connectivity index (χ3n) is 3.49. The zero-order valence-electron chi connectivity index (χ0n) is 13.2. The smallest absolute Gasteiger partial charge is 0.243 e. The van der Waals surface area contributed by atoms with Crippen LogP contribution in [0.2, 0.25) is 0 Å². The SMILES string of the molecule is CCNCCCCCCN(CC)S(=O)(=O)c1ccccc1. The molecule has 1 rings (SSSR count).